The van der Waals surface area contributed by atoms with Gasteiger partial charge in [-0.2, -0.15) is 4.98 Å². The van der Waals surface area contributed by atoms with Crippen molar-refractivity contribution in [3.8, 4) is 0 Å². The van der Waals surface area contributed by atoms with Gasteiger partial charge in [-0.15, -0.1) is 0 Å². The topological polar surface area (TPSA) is 100 Å². The van der Waals surface area contributed by atoms with Crippen LogP contribution in [0.1, 0.15) is 55.7 Å². The molecule has 0 radical (unpaired) electrons. The van der Waals surface area contributed by atoms with Gasteiger partial charge in [-0.1, -0.05) is 26.5 Å². The van der Waals surface area contributed by atoms with Crippen LogP contribution in [0.25, 0.3) is 11.0 Å². The molecule has 200 valence electrons. The number of aromatic nitrogens is 3. The molecule has 1 fully saturated rings. The van der Waals surface area contributed by atoms with E-state index in [1.165, 1.54) is 24.3 Å². The zero-order chi connectivity index (χ0) is 27.6. The van der Waals surface area contributed by atoms with Crippen LogP contribution < -0.4 is 10.9 Å². The van der Waals surface area contributed by atoms with Crippen LogP contribution in [0.5, 0.6) is 0 Å². The van der Waals surface area contributed by atoms with Crippen LogP contribution in [0.2, 0.25) is 0 Å². The lowest BCUT2D eigenvalue weighted by atomic mass is 10.0. The van der Waals surface area contributed by atoms with E-state index in [0.29, 0.717) is 43.3 Å². The number of benzene rings is 1. The number of carbonyl (C=O) groups is 2. The maximum atomic E-state index is 15.1. The van der Waals surface area contributed by atoms with Crippen LogP contribution in [-0.4, -0.2) is 62.3 Å². The van der Waals surface area contributed by atoms with Gasteiger partial charge in [-0.3, -0.25) is 19.0 Å². The van der Waals surface area contributed by atoms with Crippen LogP contribution in [0, 0.1) is 11.7 Å². The van der Waals surface area contributed by atoms with E-state index >= 15 is 4.39 Å². The number of nitrogens with zero attached hydrogens (tertiary/aromatic N) is 5. The zero-order valence-corrected chi connectivity index (χ0v) is 22.1. The summed E-state index contributed by atoms with van der Waals surface area (Å²) >= 11 is 0. The fraction of sp³-hybridized carbons (Fsp3) is 0.393. The predicted molar refractivity (Wildman–Crippen MR) is 144 cm³/mol. The average Bonchev–Trinajstić information content (AvgIpc) is 2.91. The molecular weight excluding hydrogens is 487 g/mol. The minimum Gasteiger partial charge on any atom is -0.348 e. The third-order valence-corrected chi connectivity index (χ3v) is 7.16. The molecule has 3 aromatic rings. The van der Waals surface area contributed by atoms with Crippen molar-refractivity contribution >= 4 is 28.8 Å². The second kappa shape index (κ2) is 11.1. The number of anilines is 1. The number of amides is 2. The Balaban J connectivity index is 1.50. The van der Waals surface area contributed by atoms with Crippen molar-refractivity contribution < 1.29 is 14.0 Å². The average molecular weight is 521 g/mol. The molecule has 3 heterocycles. The summed E-state index contributed by atoms with van der Waals surface area (Å²) in [7, 11) is 0. The summed E-state index contributed by atoms with van der Waals surface area (Å²) in [5, 5.41) is 3.93. The molecule has 1 aliphatic heterocycles. The molecule has 0 spiro atoms. The first kappa shape index (κ1) is 27.0. The van der Waals surface area contributed by atoms with Crippen molar-refractivity contribution in [1.29, 1.82) is 0 Å². The highest BCUT2D eigenvalue weighted by atomic mass is 19.1. The number of rotatable bonds is 7. The lowest BCUT2D eigenvalue weighted by Crippen LogP contribution is -2.50. The van der Waals surface area contributed by atoms with Gasteiger partial charge in [0.15, 0.2) is 0 Å². The van der Waals surface area contributed by atoms with Gasteiger partial charge in [-0.25, -0.2) is 9.37 Å². The lowest BCUT2D eigenvalue weighted by molar-refractivity contribution is -0.127. The van der Waals surface area contributed by atoms with Crippen molar-refractivity contribution in [2.24, 2.45) is 5.92 Å². The second-order valence-electron chi connectivity index (χ2n) is 9.93. The fourth-order valence-corrected chi connectivity index (χ4v) is 4.48. The number of halogens is 1. The van der Waals surface area contributed by atoms with Crippen molar-refractivity contribution in [2.45, 2.75) is 39.8 Å². The van der Waals surface area contributed by atoms with Crippen LogP contribution >= 0.6 is 0 Å². The lowest BCUT2D eigenvalue weighted by Gasteiger charge is -2.34. The number of fused-ring (bicyclic) bond motifs is 1. The Morgan fingerprint density at radius 2 is 1.74 bits per heavy atom. The van der Waals surface area contributed by atoms with E-state index < -0.39 is 11.7 Å². The van der Waals surface area contributed by atoms with E-state index in [0.717, 1.165) is 5.39 Å². The normalized spacial score (nSPS) is 15.4. The molecule has 1 N–H and O–H groups in total. The van der Waals surface area contributed by atoms with Gasteiger partial charge in [0, 0.05) is 49.9 Å². The number of piperazine rings is 1. The molecule has 0 saturated carbocycles. The Hall–Kier alpha value is -4.08. The predicted octanol–water partition coefficient (Wildman–Crippen LogP) is 3.79. The van der Waals surface area contributed by atoms with Gasteiger partial charge in [0.2, 0.25) is 11.9 Å². The van der Waals surface area contributed by atoms with E-state index in [2.05, 4.69) is 21.9 Å². The summed E-state index contributed by atoms with van der Waals surface area (Å²) in [6, 6.07) is 7.31. The standard InChI is InChI=1S/C28H33FN6O3/c1-6-24(36)33-11-13-34(14-12-33)27(38)22-9-7-20(15-23(22)29)18(4)31-28-30-16-21-8-10-25(37)35(26(21)32-28)19(5)17(2)3/h6-10,15-19H,1,11-14H2,2-5H3,(H,30,31,32)/t18-,19-/m0/s1. The molecule has 1 aliphatic rings. The minimum absolute atomic E-state index is 0.0157. The largest absolute Gasteiger partial charge is 0.348 e. The second-order valence-corrected chi connectivity index (χ2v) is 9.93. The number of nitrogens with one attached hydrogen (secondary N) is 1. The summed E-state index contributed by atoms with van der Waals surface area (Å²) in [6.07, 6.45) is 2.91. The Kier molecular flexibility index (Phi) is 7.89. The summed E-state index contributed by atoms with van der Waals surface area (Å²) < 4.78 is 16.7. The number of hydrogen-bond donors (Lipinski definition) is 1. The monoisotopic (exact) mass is 520 g/mol. The SMILES string of the molecule is C=CC(=O)N1CCN(C(=O)c2ccc([C@H](C)Nc3ncc4ccc(=O)n([C@@H](C)C(C)C)c4n3)cc2F)CC1. The Bertz CT molecular complexity index is 1430. The van der Waals surface area contributed by atoms with Crippen LogP contribution in [0.3, 0.4) is 0 Å². The maximum absolute atomic E-state index is 15.1. The summed E-state index contributed by atoms with van der Waals surface area (Å²) in [6.45, 7) is 12.8. The molecule has 1 saturated heterocycles. The van der Waals surface area contributed by atoms with Gasteiger partial charge in [-0.05, 0) is 49.6 Å². The van der Waals surface area contributed by atoms with E-state index in [4.69, 9.17) is 0 Å². The van der Waals surface area contributed by atoms with Gasteiger partial charge < -0.3 is 15.1 Å². The molecule has 10 heteroatoms. The summed E-state index contributed by atoms with van der Waals surface area (Å²) in [5.74, 6) is -0.665. The third kappa shape index (κ3) is 5.44. The molecule has 0 unspecified atom stereocenters. The number of carbonyl (C=O) groups excluding carboxylic acids is 2. The van der Waals surface area contributed by atoms with E-state index in [9.17, 15) is 14.4 Å². The molecular formula is C28H33FN6O3. The minimum atomic E-state index is -0.621. The number of hydrogen-bond acceptors (Lipinski definition) is 6. The number of pyridine rings is 1. The highest BCUT2D eigenvalue weighted by Crippen LogP contribution is 2.24. The Morgan fingerprint density at radius 1 is 1.05 bits per heavy atom. The zero-order valence-electron chi connectivity index (χ0n) is 22.1. The smallest absolute Gasteiger partial charge is 0.256 e. The highest BCUT2D eigenvalue weighted by molar-refractivity contribution is 5.95. The molecule has 1 aromatic carbocycles. The first-order valence-corrected chi connectivity index (χ1v) is 12.8. The molecule has 9 nitrogen and oxygen atoms in total. The van der Waals surface area contributed by atoms with Crippen LogP contribution in [0.15, 0.2) is 54.0 Å². The molecule has 0 aliphatic carbocycles. The molecule has 38 heavy (non-hydrogen) atoms. The highest BCUT2D eigenvalue weighted by Gasteiger charge is 2.26. The summed E-state index contributed by atoms with van der Waals surface area (Å²) in [4.78, 5) is 49.5. The van der Waals surface area contributed by atoms with Crippen molar-refractivity contribution in [3.63, 3.8) is 0 Å². The van der Waals surface area contributed by atoms with Crippen molar-refractivity contribution in [1.82, 2.24) is 24.3 Å². The van der Waals surface area contributed by atoms with E-state index in [1.54, 1.807) is 32.7 Å². The van der Waals surface area contributed by atoms with Crippen molar-refractivity contribution in [3.05, 3.63) is 76.5 Å². The first-order valence-electron chi connectivity index (χ1n) is 12.8. The van der Waals surface area contributed by atoms with Crippen molar-refractivity contribution in [2.75, 3.05) is 31.5 Å². The third-order valence-electron chi connectivity index (χ3n) is 7.16. The Labute approximate surface area is 221 Å². The molecule has 2 amide bonds. The molecule has 0 bridgehead atoms. The van der Waals surface area contributed by atoms with E-state index in [1.807, 2.05) is 27.7 Å². The van der Waals surface area contributed by atoms with Gasteiger partial charge in [0.1, 0.15) is 11.5 Å². The molecule has 2 aromatic heterocycles. The van der Waals surface area contributed by atoms with Crippen LogP contribution in [-0.2, 0) is 4.79 Å². The Morgan fingerprint density at radius 3 is 2.37 bits per heavy atom. The first-order chi connectivity index (χ1) is 18.1. The van der Waals surface area contributed by atoms with Crippen LogP contribution in [0.4, 0.5) is 10.3 Å². The quantitative estimate of drug-likeness (QED) is 0.476. The van der Waals surface area contributed by atoms with E-state index in [-0.39, 0.29) is 35.0 Å². The molecule has 2 atom stereocenters. The van der Waals surface area contributed by atoms with Gasteiger partial charge in [0.25, 0.3) is 11.5 Å². The van der Waals surface area contributed by atoms with Gasteiger partial charge >= 0.3 is 0 Å². The molecule has 4 rings (SSSR count). The van der Waals surface area contributed by atoms with Gasteiger partial charge in [0.05, 0.1) is 11.6 Å². The summed E-state index contributed by atoms with van der Waals surface area (Å²) in [5.41, 5.74) is 1.00. The maximum Gasteiger partial charge on any atom is 0.256 e. The fourth-order valence-electron chi connectivity index (χ4n) is 4.48.